The van der Waals surface area contributed by atoms with Crippen molar-refractivity contribution in [2.24, 2.45) is 17.6 Å². The molecule has 4 heteroatoms. The van der Waals surface area contributed by atoms with E-state index in [1.54, 1.807) is 6.07 Å². The Morgan fingerprint density at radius 1 is 1.30 bits per heavy atom. The first kappa shape index (κ1) is 13.6. The van der Waals surface area contributed by atoms with Gasteiger partial charge in [0.25, 0.3) is 0 Å². The molecule has 0 aliphatic carbocycles. The molecular formula is C16H22N3O. The zero-order chi connectivity index (χ0) is 13.9. The van der Waals surface area contributed by atoms with E-state index in [0.717, 1.165) is 30.4 Å². The fourth-order valence-electron chi connectivity index (χ4n) is 3.44. The van der Waals surface area contributed by atoms with Gasteiger partial charge in [-0.2, -0.15) is 0 Å². The minimum Gasteiger partial charge on any atom is -0.366 e. The van der Waals surface area contributed by atoms with Crippen LogP contribution in [0.2, 0.25) is 0 Å². The zero-order valence-electron chi connectivity index (χ0n) is 11.7. The molecule has 3 rings (SSSR count). The first-order valence-electron chi connectivity index (χ1n) is 7.39. The summed E-state index contributed by atoms with van der Waals surface area (Å²) in [6.45, 7) is 5.84. The van der Waals surface area contributed by atoms with Crippen molar-refractivity contribution in [3.05, 3.63) is 41.8 Å². The molecule has 3 N–H and O–H groups in total. The number of benzene rings is 1. The molecule has 1 aromatic carbocycles. The predicted octanol–water partition coefficient (Wildman–Crippen LogP) is 0.879. The molecule has 2 aliphatic rings. The standard InChI is InChI=1S/C16H22N3O/c17-16(20)15-6-2-1-4-12(15)5-3-7-19-10-13-8-18-9-14(13)11-19/h1-2,4-6,13-14,18H,3,7-11H2,(H2,17,20). The van der Waals surface area contributed by atoms with Crippen molar-refractivity contribution in [3.63, 3.8) is 0 Å². The lowest BCUT2D eigenvalue weighted by Gasteiger charge is -2.16. The van der Waals surface area contributed by atoms with Gasteiger partial charge in [-0.05, 0) is 55.9 Å². The maximum absolute atomic E-state index is 11.4. The van der Waals surface area contributed by atoms with Crippen molar-refractivity contribution in [2.75, 3.05) is 32.7 Å². The molecule has 1 aromatic rings. The molecule has 2 atom stereocenters. The van der Waals surface area contributed by atoms with Crippen LogP contribution in [0.15, 0.2) is 24.3 Å². The lowest BCUT2D eigenvalue weighted by atomic mass is 10.0. The summed E-state index contributed by atoms with van der Waals surface area (Å²) in [4.78, 5) is 13.9. The number of nitrogens with zero attached hydrogens (tertiary/aromatic N) is 1. The van der Waals surface area contributed by atoms with Crippen molar-refractivity contribution in [3.8, 4) is 0 Å². The summed E-state index contributed by atoms with van der Waals surface area (Å²) in [6, 6.07) is 7.55. The van der Waals surface area contributed by atoms with Gasteiger partial charge < -0.3 is 16.0 Å². The molecule has 2 saturated heterocycles. The van der Waals surface area contributed by atoms with Crippen LogP contribution in [0, 0.1) is 18.3 Å². The van der Waals surface area contributed by atoms with E-state index in [1.165, 1.54) is 26.2 Å². The van der Waals surface area contributed by atoms with Gasteiger partial charge in [0.15, 0.2) is 0 Å². The highest BCUT2D eigenvalue weighted by Gasteiger charge is 2.35. The molecule has 2 heterocycles. The number of rotatable bonds is 5. The predicted molar refractivity (Wildman–Crippen MR) is 79.3 cm³/mol. The monoisotopic (exact) mass is 272 g/mol. The number of nitrogens with two attached hydrogens (primary N) is 1. The highest BCUT2D eigenvalue weighted by atomic mass is 16.1. The maximum Gasteiger partial charge on any atom is 0.248 e. The second kappa shape index (κ2) is 5.94. The number of nitrogens with one attached hydrogen (secondary N) is 1. The summed E-state index contributed by atoms with van der Waals surface area (Å²) in [5, 5.41) is 3.46. The first-order valence-corrected chi connectivity index (χ1v) is 7.39. The average Bonchev–Trinajstić information content (AvgIpc) is 3.00. The molecule has 20 heavy (non-hydrogen) atoms. The van der Waals surface area contributed by atoms with Gasteiger partial charge in [-0.3, -0.25) is 4.79 Å². The fraction of sp³-hybridized carbons (Fsp3) is 0.500. The molecule has 1 amide bonds. The van der Waals surface area contributed by atoms with Gasteiger partial charge >= 0.3 is 0 Å². The maximum atomic E-state index is 11.4. The molecule has 2 aliphatic heterocycles. The Kier molecular flexibility index (Phi) is 4.03. The number of amides is 1. The summed E-state index contributed by atoms with van der Waals surface area (Å²) < 4.78 is 0. The van der Waals surface area contributed by atoms with E-state index in [4.69, 9.17) is 5.73 Å². The highest BCUT2D eigenvalue weighted by molar-refractivity contribution is 5.94. The van der Waals surface area contributed by atoms with Gasteiger partial charge in [-0.1, -0.05) is 18.2 Å². The highest BCUT2D eigenvalue weighted by Crippen LogP contribution is 2.26. The molecule has 1 radical (unpaired) electrons. The summed E-state index contributed by atoms with van der Waals surface area (Å²) in [7, 11) is 0. The summed E-state index contributed by atoms with van der Waals surface area (Å²) in [6.07, 6.45) is 3.10. The lowest BCUT2D eigenvalue weighted by molar-refractivity contribution is 0.1000. The van der Waals surface area contributed by atoms with Crippen molar-refractivity contribution in [1.29, 1.82) is 0 Å². The Balaban J connectivity index is 1.50. The lowest BCUT2D eigenvalue weighted by Crippen LogP contribution is -2.26. The zero-order valence-corrected chi connectivity index (χ0v) is 11.7. The molecule has 2 unspecified atom stereocenters. The van der Waals surface area contributed by atoms with Gasteiger partial charge in [-0.25, -0.2) is 0 Å². The van der Waals surface area contributed by atoms with Crippen LogP contribution in [0.1, 0.15) is 22.3 Å². The van der Waals surface area contributed by atoms with Crippen LogP contribution in [0.4, 0.5) is 0 Å². The number of carbonyl (C=O) groups excluding carboxylic acids is 1. The van der Waals surface area contributed by atoms with Crippen LogP contribution in [0.5, 0.6) is 0 Å². The van der Waals surface area contributed by atoms with Crippen LogP contribution >= 0.6 is 0 Å². The van der Waals surface area contributed by atoms with E-state index >= 15 is 0 Å². The third kappa shape index (κ3) is 2.86. The van der Waals surface area contributed by atoms with E-state index in [1.807, 2.05) is 18.2 Å². The largest absolute Gasteiger partial charge is 0.366 e. The number of hydrogen-bond acceptors (Lipinski definition) is 3. The molecule has 0 saturated carbocycles. The Hall–Kier alpha value is -1.39. The fourth-order valence-corrected chi connectivity index (χ4v) is 3.44. The van der Waals surface area contributed by atoms with E-state index in [0.29, 0.717) is 5.56 Å². The number of likely N-dealkylation sites (tertiary alicyclic amines) is 1. The van der Waals surface area contributed by atoms with Crippen molar-refractivity contribution in [1.82, 2.24) is 10.2 Å². The Morgan fingerprint density at radius 3 is 2.70 bits per heavy atom. The first-order chi connectivity index (χ1) is 9.74. The SMILES string of the molecule is NC(=O)c1ccccc1[CH]CCN1CC2CNCC2C1. The molecule has 4 nitrogen and oxygen atoms in total. The van der Waals surface area contributed by atoms with E-state index < -0.39 is 0 Å². The van der Waals surface area contributed by atoms with E-state index in [-0.39, 0.29) is 5.91 Å². The van der Waals surface area contributed by atoms with Gasteiger partial charge in [0, 0.05) is 18.7 Å². The van der Waals surface area contributed by atoms with Crippen LogP contribution in [0.3, 0.4) is 0 Å². The van der Waals surface area contributed by atoms with Gasteiger partial charge in [-0.15, -0.1) is 0 Å². The van der Waals surface area contributed by atoms with E-state index in [9.17, 15) is 4.79 Å². The number of carbonyl (C=O) groups is 1. The van der Waals surface area contributed by atoms with E-state index in [2.05, 4.69) is 16.6 Å². The van der Waals surface area contributed by atoms with Crippen molar-refractivity contribution >= 4 is 5.91 Å². The van der Waals surface area contributed by atoms with Crippen molar-refractivity contribution in [2.45, 2.75) is 6.42 Å². The van der Waals surface area contributed by atoms with Gasteiger partial charge in [0.2, 0.25) is 5.91 Å². The average molecular weight is 272 g/mol. The molecule has 0 spiro atoms. The smallest absolute Gasteiger partial charge is 0.248 e. The summed E-state index contributed by atoms with van der Waals surface area (Å²) >= 11 is 0. The topological polar surface area (TPSA) is 58.4 Å². The van der Waals surface area contributed by atoms with Crippen LogP contribution < -0.4 is 11.1 Å². The minimum absolute atomic E-state index is 0.348. The second-order valence-electron chi connectivity index (χ2n) is 5.88. The Labute approximate surface area is 120 Å². The quantitative estimate of drug-likeness (QED) is 0.836. The third-order valence-electron chi connectivity index (χ3n) is 4.50. The molecule has 0 bridgehead atoms. The van der Waals surface area contributed by atoms with Crippen LogP contribution in [0.25, 0.3) is 0 Å². The minimum atomic E-state index is -0.348. The summed E-state index contributed by atoms with van der Waals surface area (Å²) in [5.74, 6) is 1.33. The number of hydrogen-bond donors (Lipinski definition) is 2. The normalized spacial score (nSPS) is 25.8. The van der Waals surface area contributed by atoms with Gasteiger partial charge in [0.05, 0.1) is 0 Å². The van der Waals surface area contributed by atoms with Crippen LogP contribution in [-0.4, -0.2) is 43.5 Å². The number of primary amides is 1. The van der Waals surface area contributed by atoms with Gasteiger partial charge in [0.1, 0.15) is 0 Å². The Bertz CT molecular complexity index is 476. The molecule has 2 fully saturated rings. The molecule has 0 aromatic heterocycles. The molecule has 107 valence electrons. The molecular weight excluding hydrogens is 250 g/mol. The van der Waals surface area contributed by atoms with Crippen LogP contribution in [-0.2, 0) is 0 Å². The summed E-state index contributed by atoms with van der Waals surface area (Å²) in [5.41, 5.74) is 6.97. The number of fused-ring (bicyclic) bond motifs is 1. The second-order valence-corrected chi connectivity index (χ2v) is 5.88. The Morgan fingerprint density at radius 2 is 2.00 bits per heavy atom. The third-order valence-corrected chi connectivity index (χ3v) is 4.50. The van der Waals surface area contributed by atoms with Crippen molar-refractivity contribution < 1.29 is 4.79 Å².